The summed E-state index contributed by atoms with van der Waals surface area (Å²) in [5.74, 6) is 7.03. The fraction of sp³-hybridized carbons (Fsp3) is 0.733. The molecule has 0 unspecified atom stereocenters. The number of rotatable bonds is 3. The van der Waals surface area contributed by atoms with Crippen LogP contribution in [0.2, 0.25) is 0 Å². The summed E-state index contributed by atoms with van der Waals surface area (Å²) < 4.78 is 0. The second kappa shape index (κ2) is 5.66. The molecule has 0 amide bonds. The average molecular weight is 275 g/mol. The van der Waals surface area contributed by atoms with E-state index in [2.05, 4.69) is 20.3 Å². The number of hydrazine groups is 1. The van der Waals surface area contributed by atoms with Gasteiger partial charge in [0.15, 0.2) is 0 Å². The van der Waals surface area contributed by atoms with Crippen molar-refractivity contribution in [1.82, 2.24) is 14.9 Å². The lowest BCUT2D eigenvalue weighted by molar-refractivity contribution is 0.102. The van der Waals surface area contributed by atoms with Crippen LogP contribution in [0.1, 0.15) is 50.0 Å². The van der Waals surface area contributed by atoms with Crippen molar-refractivity contribution in [1.29, 1.82) is 0 Å². The van der Waals surface area contributed by atoms with Crippen LogP contribution in [0, 0.1) is 12.3 Å². The maximum atomic E-state index is 5.45. The van der Waals surface area contributed by atoms with E-state index in [1.165, 1.54) is 51.6 Å². The largest absolute Gasteiger partial charge is 0.308 e. The van der Waals surface area contributed by atoms with Gasteiger partial charge in [0.05, 0.1) is 6.54 Å². The molecule has 0 radical (unpaired) electrons. The van der Waals surface area contributed by atoms with Crippen molar-refractivity contribution in [2.75, 3.05) is 18.5 Å². The summed E-state index contributed by atoms with van der Waals surface area (Å²) in [7, 11) is 0. The number of aromatic nitrogens is 2. The van der Waals surface area contributed by atoms with Gasteiger partial charge in [0.2, 0.25) is 0 Å². The standard InChI is InChI=1S/C15H25N5/c1-12-10-13(19-16)18-14(17-12)11-20-8-6-15(7-9-20)4-2-3-5-15/h10H,2-9,11,16H2,1H3,(H,17,18,19). The number of nitrogens with one attached hydrogen (secondary N) is 1. The van der Waals surface area contributed by atoms with Crippen molar-refractivity contribution in [3.63, 3.8) is 0 Å². The van der Waals surface area contributed by atoms with Crippen molar-refractivity contribution in [3.05, 3.63) is 17.6 Å². The number of aryl methyl sites for hydroxylation is 1. The van der Waals surface area contributed by atoms with E-state index in [-0.39, 0.29) is 0 Å². The molecule has 5 nitrogen and oxygen atoms in total. The smallest absolute Gasteiger partial charge is 0.145 e. The van der Waals surface area contributed by atoms with Crippen LogP contribution in [0.25, 0.3) is 0 Å². The quantitative estimate of drug-likeness (QED) is 0.654. The van der Waals surface area contributed by atoms with Gasteiger partial charge in [-0.25, -0.2) is 15.8 Å². The minimum atomic E-state index is 0.675. The molecule has 0 bridgehead atoms. The predicted molar refractivity (Wildman–Crippen MR) is 80.0 cm³/mol. The molecule has 3 rings (SSSR count). The SMILES string of the molecule is Cc1cc(NN)nc(CN2CCC3(CCCC3)CC2)n1. The Bertz CT molecular complexity index is 457. The molecule has 1 spiro atoms. The highest BCUT2D eigenvalue weighted by Gasteiger charge is 2.36. The van der Waals surface area contributed by atoms with Gasteiger partial charge in [-0.15, -0.1) is 0 Å². The lowest BCUT2D eigenvalue weighted by Gasteiger charge is -2.39. The van der Waals surface area contributed by atoms with Crippen molar-refractivity contribution >= 4 is 5.82 Å². The highest BCUT2D eigenvalue weighted by atomic mass is 15.3. The Labute approximate surface area is 120 Å². The minimum absolute atomic E-state index is 0.675. The van der Waals surface area contributed by atoms with Crippen LogP contribution in [0.3, 0.4) is 0 Å². The molecule has 2 fully saturated rings. The summed E-state index contributed by atoms with van der Waals surface area (Å²) >= 11 is 0. The maximum absolute atomic E-state index is 5.45. The molecule has 110 valence electrons. The van der Waals surface area contributed by atoms with E-state index in [1.807, 2.05) is 13.0 Å². The van der Waals surface area contributed by atoms with Crippen LogP contribution in [0.5, 0.6) is 0 Å². The molecular formula is C15H25N5. The zero-order valence-corrected chi connectivity index (χ0v) is 12.4. The van der Waals surface area contributed by atoms with Crippen LogP contribution >= 0.6 is 0 Å². The van der Waals surface area contributed by atoms with Gasteiger partial charge in [0.1, 0.15) is 11.6 Å². The number of anilines is 1. The molecule has 1 aliphatic heterocycles. The molecule has 20 heavy (non-hydrogen) atoms. The van der Waals surface area contributed by atoms with Crippen molar-refractivity contribution in [3.8, 4) is 0 Å². The third kappa shape index (κ3) is 2.94. The van der Waals surface area contributed by atoms with E-state index in [1.54, 1.807) is 0 Å². The molecule has 1 saturated heterocycles. The van der Waals surface area contributed by atoms with E-state index >= 15 is 0 Å². The van der Waals surface area contributed by atoms with Gasteiger partial charge >= 0.3 is 0 Å². The highest BCUT2D eigenvalue weighted by Crippen LogP contribution is 2.46. The Morgan fingerprint density at radius 3 is 2.55 bits per heavy atom. The van der Waals surface area contributed by atoms with Crippen molar-refractivity contribution in [2.45, 2.75) is 52.0 Å². The Balaban J connectivity index is 1.60. The second-order valence-electron chi connectivity index (χ2n) is 6.44. The minimum Gasteiger partial charge on any atom is -0.308 e. The van der Waals surface area contributed by atoms with Gasteiger partial charge in [-0.1, -0.05) is 12.8 Å². The molecular weight excluding hydrogens is 250 g/mol. The first-order valence-electron chi connectivity index (χ1n) is 7.73. The number of nitrogens with two attached hydrogens (primary N) is 1. The van der Waals surface area contributed by atoms with Crippen LogP contribution < -0.4 is 11.3 Å². The van der Waals surface area contributed by atoms with Crippen LogP contribution in [0.15, 0.2) is 6.07 Å². The molecule has 2 aliphatic rings. The zero-order chi connectivity index (χ0) is 14.0. The molecule has 1 aromatic rings. The normalized spacial score (nSPS) is 22.3. The molecule has 5 heteroatoms. The molecule has 3 N–H and O–H groups in total. The van der Waals surface area contributed by atoms with E-state index in [9.17, 15) is 0 Å². The summed E-state index contributed by atoms with van der Waals surface area (Å²) in [4.78, 5) is 11.4. The number of hydrogen-bond acceptors (Lipinski definition) is 5. The number of nitrogens with zero attached hydrogens (tertiary/aromatic N) is 3. The molecule has 1 aliphatic carbocycles. The van der Waals surface area contributed by atoms with E-state index < -0.39 is 0 Å². The predicted octanol–water partition coefficient (Wildman–Crippen LogP) is 2.23. The average Bonchev–Trinajstić information content (AvgIpc) is 2.89. The Morgan fingerprint density at radius 1 is 1.20 bits per heavy atom. The molecule has 0 aromatic carbocycles. The first kappa shape index (κ1) is 13.8. The first-order chi connectivity index (χ1) is 9.69. The summed E-state index contributed by atoms with van der Waals surface area (Å²) in [6.45, 7) is 5.19. The van der Waals surface area contributed by atoms with Gasteiger partial charge in [-0.05, 0) is 51.1 Å². The van der Waals surface area contributed by atoms with Crippen LogP contribution in [-0.2, 0) is 6.54 Å². The summed E-state index contributed by atoms with van der Waals surface area (Å²) in [5, 5.41) is 0. The fourth-order valence-corrected chi connectivity index (χ4v) is 3.79. The monoisotopic (exact) mass is 275 g/mol. The van der Waals surface area contributed by atoms with E-state index in [0.717, 1.165) is 18.1 Å². The van der Waals surface area contributed by atoms with E-state index in [0.29, 0.717) is 11.2 Å². The first-order valence-corrected chi connectivity index (χ1v) is 7.73. The third-order valence-electron chi connectivity index (χ3n) is 4.99. The van der Waals surface area contributed by atoms with Gasteiger partial charge in [-0.2, -0.15) is 0 Å². The van der Waals surface area contributed by atoms with E-state index in [4.69, 9.17) is 5.84 Å². The summed E-state index contributed by atoms with van der Waals surface area (Å²) in [5.41, 5.74) is 4.25. The number of likely N-dealkylation sites (tertiary alicyclic amines) is 1. The Kier molecular flexibility index (Phi) is 3.89. The molecule has 1 aromatic heterocycles. The molecule has 2 heterocycles. The number of nitrogen functional groups attached to an aromatic ring is 1. The zero-order valence-electron chi connectivity index (χ0n) is 12.4. The van der Waals surface area contributed by atoms with Gasteiger partial charge < -0.3 is 5.43 Å². The van der Waals surface area contributed by atoms with Crippen molar-refractivity contribution in [2.24, 2.45) is 11.3 Å². The maximum Gasteiger partial charge on any atom is 0.145 e. The summed E-state index contributed by atoms with van der Waals surface area (Å²) in [6.07, 6.45) is 8.46. The van der Waals surface area contributed by atoms with Crippen molar-refractivity contribution < 1.29 is 0 Å². The number of hydrogen-bond donors (Lipinski definition) is 2. The summed E-state index contributed by atoms with van der Waals surface area (Å²) in [6, 6.07) is 1.87. The number of piperidine rings is 1. The Hall–Kier alpha value is -1.20. The van der Waals surface area contributed by atoms with Crippen LogP contribution in [-0.4, -0.2) is 28.0 Å². The fourth-order valence-electron chi connectivity index (χ4n) is 3.79. The highest BCUT2D eigenvalue weighted by molar-refractivity contribution is 5.33. The molecule has 0 atom stereocenters. The second-order valence-corrected chi connectivity index (χ2v) is 6.44. The lowest BCUT2D eigenvalue weighted by Crippen LogP contribution is -2.38. The topological polar surface area (TPSA) is 67.1 Å². The Morgan fingerprint density at radius 2 is 1.90 bits per heavy atom. The van der Waals surface area contributed by atoms with Crippen LogP contribution in [0.4, 0.5) is 5.82 Å². The molecule has 1 saturated carbocycles. The lowest BCUT2D eigenvalue weighted by atomic mass is 9.77. The van der Waals surface area contributed by atoms with Gasteiger partial charge in [0.25, 0.3) is 0 Å². The van der Waals surface area contributed by atoms with Gasteiger partial charge in [0, 0.05) is 11.8 Å². The third-order valence-corrected chi connectivity index (χ3v) is 4.99. The van der Waals surface area contributed by atoms with Gasteiger partial charge in [-0.3, -0.25) is 4.90 Å².